The van der Waals surface area contributed by atoms with E-state index in [4.69, 9.17) is 16.3 Å². The first-order chi connectivity index (χ1) is 8.56. The zero-order valence-electron chi connectivity index (χ0n) is 10.3. The largest absolute Gasteiger partial charge is 0.489 e. The number of hydrogen-bond donors (Lipinski definition) is 0. The van der Waals surface area contributed by atoms with E-state index in [2.05, 4.69) is 26.0 Å². The van der Waals surface area contributed by atoms with Gasteiger partial charge in [-0.15, -0.1) is 0 Å². The van der Waals surface area contributed by atoms with Gasteiger partial charge in [-0.25, -0.2) is 4.39 Å². The van der Waals surface area contributed by atoms with Gasteiger partial charge in [0.15, 0.2) is 0 Å². The molecule has 0 N–H and O–H groups in total. The van der Waals surface area contributed by atoms with Crippen LogP contribution in [0.1, 0.15) is 16.7 Å². The maximum atomic E-state index is 13.2. The number of rotatable bonds is 3. The van der Waals surface area contributed by atoms with Crippen LogP contribution in [0.25, 0.3) is 0 Å². The lowest BCUT2D eigenvalue weighted by molar-refractivity contribution is 0.304. The highest BCUT2D eigenvalue weighted by Crippen LogP contribution is 2.21. The molecule has 0 unspecified atom stereocenters. The molecule has 2 rings (SSSR count). The number of ether oxygens (including phenoxy) is 1. The fourth-order valence-electron chi connectivity index (χ4n) is 1.63. The summed E-state index contributed by atoms with van der Waals surface area (Å²) in [6, 6.07) is 10.6. The Hall–Kier alpha value is -1.54. The lowest BCUT2D eigenvalue weighted by Crippen LogP contribution is -1.97. The first-order valence-corrected chi connectivity index (χ1v) is 6.08. The van der Waals surface area contributed by atoms with Crippen LogP contribution in [0.5, 0.6) is 5.75 Å². The number of benzene rings is 2. The molecule has 0 aliphatic rings. The maximum Gasteiger partial charge on any atom is 0.145 e. The molecule has 0 spiro atoms. The number of aryl methyl sites for hydroxylation is 2. The van der Waals surface area contributed by atoms with Gasteiger partial charge in [-0.2, -0.15) is 0 Å². The summed E-state index contributed by atoms with van der Waals surface area (Å²) >= 11 is 5.61. The molecule has 0 radical (unpaired) electrons. The monoisotopic (exact) mass is 264 g/mol. The summed E-state index contributed by atoms with van der Waals surface area (Å²) in [5.41, 5.74) is 3.53. The van der Waals surface area contributed by atoms with Crippen molar-refractivity contribution in [1.82, 2.24) is 0 Å². The fourth-order valence-corrected chi connectivity index (χ4v) is 1.74. The second kappa shape index (κ2) is 5.40. The summed E-state index contributed by atoms with van der Waals surface area (Å²) in [6.45, 7) is 4.54. The summed E-state index contributed by atoms with van der Waals surface area (Å²) in [4.78, 5) is 0. The Kier molecular flexibility index (Phi) is 3.87. The third-order valence-corrected chi connectivity index (χ3v) is 3.17. The second-order valence-electron chi connectivity index (χ2n) is 4.28. The molecule has 0 amide bonds. The molecular formula is C15H14ClFO. The van der Waals surface area contributed by atoms with Crippen molar-refractivity contribution in [2.45, 2.75) is 20.5 Å². The zero-order chi connectivity index (χ0) is 13.1. The van der Waals surface area contributed by atoms with Crippen molar-refractivity contribution in [2.24, 2.45) is 0 Å². The highest BCUT2D eigenvalue weighted by atomic mass is 35.5. The molecule has 0 aliphatic carbocycles. The van der Waals surface area contributed by atoms with Crippen molar-refractivity contribution in [3.8, 4) is 5.75 Å². The van der Waals surface area contributed by atoms with Crippen molar-refractivity contribution in [2.75, 3.05) is 0 Å². The SMILES string of the molecule is Cc1ccc(COc2ccc(Cl)c(F)c2)cc1C. The summed E-state index contributed by atoms with van der Waals surface area (Å²) in [6.07, 6.45) is 0. The molecule has 2 aromatic carbocycles. The minimum absolute atomic E-state index is 0.105. The molecular weight excluding hydrogens is 251 g/mol. The van der Waals surface area contributed by atoms with Crippen LogP contribution in [0.3, 0.4) is 0 Å². The van der Waals surface area contributed by atoms with E-state index in [0.717, 1.165) is 5.56 Å². The van der Waals surface area contributed by atoms with Crippen LogP contribution < -0.4 is 4.74 Å². The Morgan fingerprint density at radius 3 is 2.50 bits per heavy atom. The predicted molar refractivity (Wildman–Crippen MR) is 71.7 cm³/mol. The van der Waals surface area contributed by atoms with Gasteiger partial charge in [-0.1, -0.05) is 29.8 Å². The van der Waals surface area contributed by atoms with Gasteiger partial charge in [0.25, 0.3) is 0 Å². The highest BCUT2D eigenvalue weighted by molar-refractivity contribution is 6.30. The molecule has 0 aliphatic heterocycles. The minimum Gasteiger partial charge on any atom is -0.489 e. The van der Waals surface area contributed by atoms with Crippen LogP contribution in [-0.4, -0.2) is 0 Å². The van der Waals surface area contributed by atoms with E-state index in [1.165, 1.54) is 23.3 Å². The third kappa shape index (κ3) is 3.02. The molecule has 0 heterocycles. The summed E-state index contributed by atoms with van der Waals surface area (Å²) in [7, 11) is 0. The van der Waals surface area contributed by atoms with E-state index < -0.39 is 5.82 Å². The maximum absolute atomic E-state index is 13.2. The summed E-state index contributed by atoms with van der Waals surface area (Å²) < 4.78 is 18.7. The second-order valence-corrected chi connectivity index (χ2v) is 4.69. The average molecular weight is 265 g/mol. The van der Waals surface area contributed by atoms with E-state index in [0.29, 0.717) is 12.4 Å². The van der Waals surface area contributed by atoms with Gasteiger partial charge in [-0.05, 0) is 42.7 Å². The molecule has 0 saturated heterocycles. The Morgan fingerprint density at radius 2 is 1.83 bits per heavy atom. The number of hydrogen-bond acceptors (Lipinski definition) is 1. The first-order valence-electron chi connectivity index (χ1n) is 5.70. The molecule has 0 saturated carbocycles. The molecule has 2 aromatic rings. The quantitative estimate of drug-likeness (QED) is 0.782. The smallest absolute Gasteiger partial charge is 0.145 e. The lowest BCUT2D eigenvalue weighted by atomic mass is 10.1. The topological polar surface area (TPSA) is 9.23 Å². The molecule has 0 aromatic heterocycles. The van der Waals surface area contributed by atoms with Gasteiger partial charge in [0.1, 0.15) is 18.2 Å². The van der Waals surface area contributed by atoms with E-state index in [-0.39, 0.29) is 5.02 Å². The Morgan fingerprint density at radius 1 is 1.06 bits per heavy atom. The Balaban J connectivity index is 2.06. The Bertz CT molecular complexity index is 515. The fraction of sp³-hybridized carbons (Fsp3) is 0.200. The molecule has 3 heteroatoms. The molecule has 18 heavy (non-hydrogen) atoms. The van der Waals surface area contributed by atoms with Crippen molar-refractivity contribution in [3.63, 3.8) is 0 Å². The van der Waals surface area contributed by atoms with Gasteiger partial charge in [0, 0.05) is 6.07 Å². The highest BCUT2D eigenvalue weighted by Gasteiger charge is 2.03. The van der Waals surface area contributed by atoms with Crippen LogP contribution in [0, 0.1) is 19.7 Å². The normalized spacial score (nSPS) is 10.4. The molecule has 1 nitrogen and oxygen atoms in total. The third-order valence-electron chi connectivity index (χ3n) is 2.87. The molecule has 0 fully saturated rings. The predicted octanol–water partition coefficient (Wildman–Crippen LogP) is 4.67. The van der Waals surface area contributed by atoms with Crippen molar-refractivity contribution < 1.29 is 9.13 Å². The van der Waals surface area contributed by atoms with Crippen molar-refractivity contribution in [1.29, 1.82) is 0 Å². The molecule has 94 valence electrons. The van der Waals surface area contributed by atoms with Gasteiger partial charge in [0.05, 0.1) is 5.02 Å². The van der Waals surface area contributed by atoms with E-state index in [1.54, 1.807) is 6.07 Å². The van der Waals surface area contributed by atoms with Crippen LogP contribution in [0.15, 0.2) is 36.4 Å². The van der Waals surface area contributed by atoms with Crippen LogP contribution >= 0.6 is 11.6 Å². The zero-order valence-corrected chi connectivity index (χ0v) is 11.1. The van der Waals surface area contributed by atoms with Crippen molar-refractivity contribution >= 4 is 11.6 Å². The van der Waals surface area contributed by atoms with Crippen LogP contribution in [-0.2, 0) is 6.61 Å². The molecule has 0 bridgehead atoms. The summed E-state index contributed by atoms with van der Waals surface area (Å²) in [5.74, 6) is 0.0179. The van der Waals surface area contributed by atoms with E-state index in [9.17, 15) is 4.39 Å². The Labute approximate surface area is 111 Å². The van der Waals surface area contributed by atoms with Crippen LogP contribution in [0.4, 0.5) is 4.39 Å². The van der Waals surface area contributed by atoms with Gasteiger partial charge in [-0.3, -0.25) is 0 Å². The minimum atomic E-state index is -0.464. The number of halogens is 2. The lowest BCUT2D eigenvalue weighted by Gasteiger charge is -2.08. The molecule has 0 atom stereocenters. The van der Waals surface area contributed by atoms with Crippen molar-refractivity contribution in [3.05, 3.63) is 63.9 Å². The van der Waals surface area contributed by atoms with E-state index in [1.807, 2.05) is 6.07 Å². The van der Waals surface area contributed by atoms with Gasteiger partial charge < -0.3 is 4.74 Å². The standard InChI is InChI=1S/C15H14ClFO/c1-10-3-4-12(7-11(10)2)9-18-13-5-6-14(16)15(17)8-13/h3-8H,9H2,1-2H3. The van der Waals surface area contributed by atoms with Gasteiger partial charge >= 0.3 is 0 Å². The summed E-state index contributed by atoms with van der Waals surface area (Å²) in [5, 5.41) is 0.105. The van der Waals surface area contributed by atoms with Crippen LogP contribution in [0.2, 0.25) is 5.02 Å². The van der Waals surface area contributed by atoms with Gasteiger partial charge in [0.2, 0.25) is 0 Å². The van der Waals surface area contributed by atoms with E-state index >= 15 is 0 Å². The first kappa shape index (κ1) is 12.9. The average Bonchev–Trinajstić information content (AvgIpc) is 2.35.